The van der Waals surface area contributed by atoms with Crippen molar-refractivity contribution < 1.29 is 13.2 Å². The van der Waals surface area contributed by atoms with Crippen LogP contribution in [0.4, 0.5) is 13.2 Å². The maximum absolute atomic E-state index is 13.6. The second-order valence-electron chi connectivity index (χ2n) is 23.5. The van der Waals surface area contributed by atoms with E-state index in [9.17, 15) is 13.2 Å². The molecule has 12 rings (SSSR count). The summed E-state index contributed by atoms with van der Waals surface area (Å²) in [6.07, 6.45) is 21.1. The molecule has 1 saturated carbocycles. The third kappa shape index (κ3) is 12.9. The minimum Gasteiger partial charge on any atom is -0.303 e. The molecule has 8 aromatic rings. The molecule has 4 unspecified atom stereocenters. The van der Waals surface area contributed by atoms with Crippen LogP contribution in [0.1, 0.15) is 179 Å². The summed E-state index contributed by atoms with van der Waals surface area (Å²) in [5.41, 5.74) is 15.3. The lowest BCUT2D eigenvalue weighted by Crippen LogP contribution is -2.37. The summed E-state index contributed by atoms with van der Waals surface area (Å²) in [6, 6.07) is 39.1. The predicted molar refractivity (Wildman–Crippen MR) is 304 cm³/mol. The maximum atomic E-state index is 13.6. The fourth-order valence-corrected chi connectivity index (χ4v) is 14.0. The second kappa shape index (κ2) is 24.4. The van der Waals surface area contributed by atoms with Gasteiger partial charge in [-0.3, -0.25) is 30.1 Å². The first-order valence-corrected chi connectivity index (χ1v) is 29.3. The van der Waals surface area contributed by atoms with Crippen molar-refractivity contribution in [2.75, 3.05) is 32.7 Å². The summed E-state index contributed by atoms with van der Waals surface area (Å²) in [5.74, 6) is 1.93. The molecule has 7 heterocycles. The Morgan fingerprint density at radius 2 is 0.949 bits per heavy atom. The van der Waals surface area contributed by atoms with Gasteiger partial charge >= 0.3 is 6.18 Å². The van der Waals surface area contributed by atoms with Crippen molar-refractivity contribution in [1.82, 2.24) is 50.3 Å². The van der Waals surface area contributed by atoms with Crippen molar-refractivity contribution >= 4 is 0 Å². The summed E-state index contributed by atoms with van der Waals surface area (Å²) < 4.78 is 40.9. The molecular formula is C66H75F3N10. The van der Waals surface area contributed by atoms with Crippen molar-refractivity contribution in [3.63, 3.8) is 0 Å². The maximum Gasteiger partial charge on any atom is 0.416 e. The highest BCUT2D eigenvalue weighted by Crippen LogP contribution is 2.44. The highest BCUT2D eigenvalue weighted by molar-refractivity contribution is 5.38. The number of aromatic amines is 3. The first-order chi connectivity index (χ1) is 38.7. The van der Waals surface area contributed by atoms with Gasteiger partial charge in [0.05, 0.1) is 24.2 Å². The van der Waals surface area contributed by atoms with Gasteiger partial charge in [0.1, 0.15) is 0 Å². The number of pyridine rings is 1. The van der Waals surface area contributed by atoms with Crippen LogP contribution in [0.2, 0.25) is 0 Å². The molecule has 4 aliphatic rings. The number of alkyl halides is 3. The SMILES string of the molecule is FC(F)(F)c1ccc(CN2CCC(c3[nH]ncc3Cc3ccccc3)CC2c2cccc(Cc3cn[nH]c3C3CCN(Cc4ccncc4)C(c4cccc(Cc5cn[nH]c5C5CCN(CC6CCCCC6)CC5)c4)C3)c2)cc1. The lowest BCUT2D eigenvalue weighted by Gasteiger charge is -2.40. The van der Waals surface area contributed by atoms with Crippen molar-refractivity contribution in [3.05, 3.63) is 225 Å². The lowest BCUT2D eigenvalue weighted by molar-refractivity contribution is -0.137. The van der Waals surface area contributed by atoms with E-state index in [0.717, 1.165) is 76.1 Å². The van der Waals surface area contributed by atoms with Gasteiger partial charge in [0.15, 0.2) is 0 Å². The Kier molecular flexibility index (Phi) is 16.3. The number of likely N-dealkylation sites (tertiary alicyclic amines) is 3. The van der Waals surface area contributed by atoms with Gasteiger partial charge in [-0.05, 0) is 163 Å². The van der Waals surface area contributed by atoms with E-state index in [2.05, 4.69) is 136 Å². The normalized spacial score (nSPS) is 21.4. The van der Waals surface area contributed by atoms with Crippen molar-refractivity contribution in [2.24, 2.45) is 5.92 Å². The number of piperidine rings is 3. The van der Waals surface area contributed by atoms with Gasteiger partial charge in [-0.15, -0.1) is 0 Å². The molecule has 4 atom stereocenters. The van der Waals surface area contributed by atoms with Gasteiger partial charge in [0, 0.05) is 98.2 Å². The number of hydrogen-bond acceptors (Lipinski definition) is 7. The van der Waals surface area contributed by atoms with Crippen LogP contribution < -0.4 is 0 Å². The average molecular weight is 1070 g/mol. The van der Waals surface area contributed by atoms with E-state index < -0.39 is 11.7 Å². The van der Waals surface area contributed by atoms with Crippen molar-refractivity contribution in [2.45, 2.75) is 139 Å². The van der Waals surface area contributed by atoms with Gasteiger partial charge in [-0.25, -0.2) is 0 Å². The zero-order chi connectivity index (χ0) is 53.5. The number of rotatable bonds is 17. The fraction of sp³-hybridized carbons (Fsp3) is 0.424. The third-order valence-electron chi connectivity index (χ3n) is 18.2. The molecule has 3 saturated heterocycles. The molecule has 4 fully saturated rings. The molecule has 410 valence electrons. The number of nitrogens with one attached hydrogen (secondary N) is 3. The molecule has 4 aromatic carbocycles. The van der Waals surface area contributed by atoms with Crippen LogP contribution >= 0.6 is 0 Å². The molecule has 13 heteroatoms. The van der Waals surface area contributed by atoms with Gasteiger partial charge in [-0.2, -0.15) is 28.5 Å². The molecule has 1 aliphatic carbocycles. The topological polar surface area (TPSA) is 109 Å². The van der Waals surface area contributed by atoms with E-state index >= 15 is 0 Å². The highest BCUT2D eigenvalue weighted by atomic mass is 19.4. The molecule has 10 nitrogen and oxygen atoms in total. The summed E-state index contributed by atoms with van der Waals surface area (Å²) in [4.78, 5) is 12.2. The monoisotopic (exact) mass is 1060 g/mol. The van der Waals surface area contributed by atoms with Crippen molar-refractivity contribution in [3.8, 4) is 0 Å². The van der Waals surface area contributed by atoms with E-state index in [1.165, 1.54) is 144 Å². The van der Waals surface area contributed by atoms with Gasteiger partial charge in [0.25, 0.3) is 0 Å². The summed E-state index contributed by atoms with van der Waals surface area (Å²) in [5, 5.41) is 24.3. The Bertz CT molecular complexity index is 3190. The van der Waals surface area contributed by atoms with Gasteiger partial charge in [0.2, 0.25) is 0 Å². The molecular weight excluding hydrogens is 990 g/mol. The van der Waals surface area contributed by atoms with E-state index in [1.54, 1.807) is 12.1 Å². The first kappa shape index (κ1) is 53.0. The van der Waals surface area contributed by atoms with Gasteiger partial charge in [-0.1, -0.05) is 110 Å². The van der Waals surface area contributed by atoms with Crippen LogP contribution in [0.15, 0.2) is 146 Å². The number of halogens is 3. The van der Waals surface area contributed by atoms with E-state index in [1.807, 2.05) is 30.9 Å². The molecule has 0 amide bonds. The molecule has 3 aliphatic heterocycles. The van der Waals surface area contributed by atoms with Crippen molar-refractivity contribution in [1.29, 1.82) is 0 Å². The van der Waals surface area contributed by atoms with Crippen LogP contribution in [0, 0.1) is 5.92 Å². The molecule has 3 N–H and O–H groups in total. The summed E-state index contributed by atoms with van der Waals surface area (Å²) in [6.45, 7) is 6.78. The Labute approximate surface area is 463 Å². The Hall–Kier alpha value is -6.67. The van der Waals surface area contributed by atoms with Crippen LogP contribution in [0.25, 0.3) is 0 Å². The smallest absolute Gasteiger partial charge is 0.303 e. The lowest BCUT2D eigenvalue weighted by atomic mass is 9.82. The summed E-state index contributed by atoms with van der Waals surface area (Å²) in [7, 11) is 0. The van der Waals surface area contributed by atoms with E-state index in [0.29, 0.717) is 12.5 Å². The predicted octanol–water partition coefficient (Wildman–Crippen LogP) is 14.0. The van der Waals surface area contributed by atoms with Crippen LogP contribution in [0.5, 0.6) is 0 Å². The standard InChI is InChI=1S/C66H75F3N10/c67-66(68,69)60-19-17-48(18-20-60)44-78-31-25-55(64-57(40-72-75-64)33-46-9-3-1-4-10-46)38-61(78)53-15-8-14-51(35-53)37-59-42-73-76-65(59)56-26-32-79(45-49-21-27-70-28-22-49)62(39-56)54-16-7-13-50(34-54)36-58-41-71-74-63(58)52-23-29-77(30-24-52)43-47-11-5-2-6-12-47/h1,3-4,7-10,13-22,27-28,34-35,40-42,47,52,55-56,61-62H,2,5-6,11-12,23-26,29-33,36-39,43-45H2,(H,71,74)(H,72,75)(H,73,76). The molecule has 79 heavy (non-hydrogen) atoms. The fourth-order valence-electron chi connectivity index (χ4n) is 14.0. The highest BCUT2D eigenvalue weighted by Gasteiger charge is 2.36. The van der Waals surface area contributed by atoms with Crippen LogP contribution in [0.3, 0.4) is 0 Å². The first-order valence-electron chi connectivity index (χ1n) is 29.3. The number of nitrogens with zero attached hydrogens (tertiary/aromatic N) is 7. The zero-order valence-electron chi connectivity index (χ0n) is 45.4. The Morgan fingerprint density at radius 1 is 0.468 bits per heavy atom. The van der Waals surface area contributed by atoms with Gasteiger partial charge < -0.3 is 4.90 Å². The van der Waals surface area contributed by atoms with Crippen LogP contribution in [-0.2, 0) is 38.5 Å². The largest absolute Gasteiger partial charge is 0.416 e. The average Bonchev–Trinajstić information content (AvgIpc) is 4.32. The molecule has 4 aromatic heterocycles. The molecule has 0 bridgehead atoms. The van der Waals surface area contributed by atoms with E-state index in [4.69, 9.17) is 5.10 Å². The molecule has 0 spiro atoms. The Balaban J connectivity index is 0.767. The number of aromatic nitrogens is 7. The quantitative estimate of drug-likeness (QED) is 0.0833. The molecule has 0 radical (unpaired) electrons. The van der Waals surface area contributed by atoms with E-state index in [-0.39, 0.29) is 23.9 Å². The van der Waals surface area contributed by atoms with Crippen LogP contribution in [-0.4, -0.2) is 83.0 Å². The Morgan fingerprint density at radius 3 is 1.48 bits per heavy atom. The minimum absolute atomic E-state index is 0.0351. The summed E-state index contributed by atoms with van der Waals surface area (Å²) >= 11 is 0. The third-order valence-corrected chi connectivity index (χ3v) is 18.2. The number of H-pyrrole nitrogens is 3. The number of hydrogen-bond donors (Lipinski definition) is 3. The zero-order valence-corrected chi connectivity index (χ0v) is 45.4. The second-order valence-corrected chi connectivity index (χ2v) is 23.5. The number of benzene rings is 4. The minimum atomic E-state index is -4.38.